The van der Waals surface area contributed by atoms with Gasteiger partial charge in [-0.05, 0) is 52.4 Å². The van der Waals surface area contributed by atoms with E-state index >= 15 is 0 Å². The molecule has 0 unspecified atom stereocenters. The van der Waals surface area contributed by atoms with E-state index in [1.54, 1.807) is 0 Å². The number of hydrogen-bond donors (Lipinski definition) is 1. The number of fused-ring (bicyclic) bond motifs is 1. The van der Waals surface area contributed by atoms with Crippen molar-refractivity contribution in [2.24, 2.45) is 0 Å². The highest BCUT2D eigenvalue weighted by molar-refractivity contribution is 5.43. The molecule has 0 saturated heterocycles. The number of anilines is 1. The van der Waals surface area contributed by atoms with Crippen LogP contribution in [0.15, 0.2) is 18.3 Å². The van der Waals surface area contributed by atoms with Gasteiger partial charge in [0, 0.05) is 18.8 Å². The van der Waals surface area contributed by atoms with Gasteiger partial charge in [0.25, 0.3) is 0 Å². The fraction of sp³-hybridized carbons (Fsp3) is 0.571. The van der Waals surface area contributed by atoms with E-state index in [1.807, 2.05) is 22.8 Å². The molecule has 104 valence electrons. The van der Waals surface area contributed by atoms with Crippen molar-refractivity contribution in [2.75, 3.05) is 25.5 Å². The quantitative estimate of drug-likeness (QED) is 0.810. The van der Waals surface area contributed by atoms with Crippen LogP contribution in [0.2, 0.25) is 0 Å². The van der Waals surface area contributed by atoms with Gasteiger partial charge in [0.05, 0.1) is 0 Å². The predicted octanol–water partition coefficient (Wildman–Crippen LogP) is 2.18. The van der Waals surface area contributed by atoms with Crippen LogP contribution < -0.4 is 5.32 Å². The minimum Gasteiger partial charge on any atom is -0.353 e. The molecule has 0 atom stereocenters. The number of aryl methyl sites for hydroxylation is 1. The first-order valence-corrected chi connectivity index (χ1v) is 6.83. The number of nitrogens with zero attached hydrogens (tertiary/aromatic N) is 4. The van der Waals surface area contributed by atoms with Crippen molar-refractivity contribution in [3.63, 3.8) is 0 Å². The number of rotatable bonds is 6. The molecule has 0 aromatic carbocycles. The molecule has 0 spiro atoms. The van der Waals surface area contributed by atoms with Crippen molar-refractivity contribution < 1.29 is 0 Å². The van der Waals surface area contributed by atoms with Gasteiger partial charge >= 0.3 is 0 Å². The van der Waals surface area contributed by atoms with Crippen LogP contribution in [0.3, 0.4) is 0 Å². The Morgan fingerprint density at radius 2 is 2.16 bits per heavy atom. The molecule has 0 bridgehead atoms. The van der Waals surface area contributed by atoms with E-state index in [0.717, 1.165) is 25.2 Å². The summed E-state index contributed by atoms with van der Waals surface area (Å²) in [5.41, 5.74) is 2.06. The Labute approximate surface area is 114 Å². The lowest BCUT2D eigenvalue weighted by Crippen LogP contribution is -2.28. The zero-order valence-electron chi connectivity index (χ0n) is 12.2. The monoisotopic (exact) mass is 261 g/mol. The third-order valence-electron chi connectivity index (χ3n) is 3.33. The van der Waals surface area contributed by atoms with Crippen molar-refractivity contribution in [3.8, 4) is 0 Å². The first-order chi connectivity index (χ1) is 9.06. The fourth-order valence-electron chi connectivity index (χ4n) is 1.85. The van der Waals surface area contributed by atoms with Gasteiger partial charge in [0.1, 0.15) is 0 Å². The van der Waals surface area contributed by atoms with Crippen molar-refractivity contribution in [1.29, 1.82) is 0 Å². The van der Waals surface area contributed by atoms with Crippen LogP contribution in [0, 0.1) is 6.92 Å². The second-order valence-electron chi connectivity index (χ2n) is 5.30. The van der Waals surface area contributed by atoms with E-state index in [4.69, 9.17) is 0 Å². The normalized spacial score (nSPS) is 11.7. The van der Waals surface area contributed by atoms with E-state index in [0.29, 0.717) is 12.0 Å². The maximum atomic E-state index is 4.43. The molecule has 0 aliphatic heterocycles. The van der Waals surface area contributed by atoms with Crippen molar-refractivity contribution in [3.05, 3.63) is 23.9 Å². The number of aromatic nitrogens is 3. The lowest BCUT2D eigenvalue weighted by molar-refractivity contribution is 0.273. The number of nitrogens with one attached hydrogen (secondary N) is 1. The summed E-state index contributed by atoms with van der Waals surface area (Å²) in [6, 6.07) is 4.63. The van der Waals surface area contributed by atoms with Crippen molar-refractivity contribution >= 4 is 11.6 Å². The third-order valence-corrected chi connectivity index (χ3v) is 3.33. The van der Waals surface area contributed by atoms with Gasteiger partial charge < -0.3 is 10.2 Å². The van der Waals surface area contributed by atoms with Crippen molar-refractivity contribution in [1.82, 2.24) is 19.5 Å². The maximum absolute atomic E-state index is 4.43. The zero-order valence-corrected chi connectivity index (χ0v) is 12.2. The molecule has 1 N–H and O–H groups in total. The molecule has 2 rings (SSSR count). The minimum atomic E-state index is 0.594. The summed E-state index contributed by atoms with van der Waals surface area (Å²) in [5.74, 6) is 0.706. The molecule has 0 fully saturated rings. The molecule has 19 heavy (non-hydrogen) atoms. The Balaban J connectivity index is 1.85. The summed E-state index contributed by atoms with van der Waals surface area (Å²) < 4.78 is 1.82. The minimum absolute atomic E-state index is 0.594. The molecule has 2 aromatic rings. The molecule has 0 aliphatic rings. The first kappa shape index (κ1) is 13.8. The van der Waals surface area contributed by atoms with Gasteiger partial charge in [-0.2, -0.15) is 4.98 Å². The Bertz CT molecular complexity index is 532. The Kier molecular flexibility index (Phi) is 4.37. The highest BCUT2D eigenvalue weighted by atomic mass is 15.3. The highest BCUT2D eigenvalue weighted by Gasteiger charge is 2.04. The van der Waals surface area contributed by atoms with Crippen LogP contribution >= 0.6 is 0 Å². The van der Waals surface area contributed by atoms with Gasteiger partial charge in [-0.3, -0.25) is 0 Å². The average molecular weight is 261 g/mol. The highest BCUT2D eigenvalue weighted by Crippen LogP contribution is 2.07. The van der Waals surface area contributed by atoms with Gasteiger partial charge in [-0.1, -0.05) is 6.07 Å². The summed E-state index contributed by atoms with van der Waals surface area (Å²) in [7, 11) is 2.15. The van der Waals surface area contributed by atoms with Gasteiger partial charge in [-0.15, -0.1) is 5.10 Å². The summed E-state index contributed by atoms with van der Waals surface area (Å²) >= 11 is 0. The Hall–Kier alpha value is -1.62. The van der Waals surface area contributed by atoms with Crippen LogP contribution in [0.25, 0.3) is 5.65 Å². The molecule has 0 amide bonds. The zero-order chi connectivity index (χ0) is 13.8. The second kappa shape index (κ2) is 6.02. The van der Waals surface area contributed by atoms with E-state index < -0.39 is 0 Å². The standard InChI is InChI=1S/C14H23N5/c1-11(2)18(4)9-5-8-15-14-16-13-7-6-12(3)10-19(13)17-14/h6-7,10-11H,5,8-9H2,1-4H3,(H,15,17). The molecule has 0 aliphatic carbocycles. The predicted molar refractivity (Wildman–Crippen MR) is 78.6 cm³/mol. The van der Waals surface area contributed by atoms with E-state index in [9.17, 15) is 0 Å². The number of hydrogen-bond acceptors (Lipinski definition) is 4. The molecule has 0 saturated carbocycles. The lowest BCUT2D eigenvalue weighted by atomic mass is 10.3. The fourth-order valence-corrected chi connectivity index (χ4v) is 1.85. The summed E-state index contributed by atoms with van der Waals surface area (Å²) in [4.78, 5) is 6.77. The second-order valence-corrected chi connectivity index (χ2v) is 5.30. The van der Waals surface area contributed by atoms with Crippen LogP contribution in [0.5, 0.6) is 0 Å². The van der Waals surface area contributed by atoms with Crippen LogP contribution in [0.4, 0.5) is 5.95 Å². The van der Waals surface area contributed by atoms with Crippen molar-refractivity contribution in [2.45, 2.75) is 33.2 Å². The molecule has 5 nitrogen and oxygen atoms in total. The molecule has 2 heterocycles. The Morgan fingerprint density at radius 3 is 2.89 bits per heavy atom. The Morgan fingerprint density at radius 1 is 1.37 bits per heavy atom. The summed E-state index contributed by atoms with van der Waals surface area (Å²) in [6.07, 6.45) is 3.07. The number of pyridine rings is 1. The molecular weight excluding hydrogens is 238 g/mol. The molecule has 0 radical (unpaired) electrons. The van der Waals surface area contributed by atoms with Crippen LogP contribution in [-0.2, 0) is 0 Å². The third kappa shape index (κ3) is 3.67. The van der Waals surface area contributed by atoms with Gasteiger partial charge in [0.2, 0.25) is 5.95 Å². The van der Waals surface area contributed by atoms with Gasteiger partial charge in [0.15, 0.2) is 5.65 Å². The lowest BCUT2D eigenvalue weighted by Gasteiger charge is -2.20. The molecular formula is C14H23N5. The smallest absolute Gasteiger partial charge is 0.243 e. The largest absolute Gasteiger partial charge is 0.353 e. The van der Waals surface area contributed by atoms with E-state index in [-0.39, 0.29) is 0 Å². The molecule has 5 heteroatoms. The van der Waals surface area contributed by atoms with Crippen LogP contribution in [0.1, 0.15) is 25.8 Å². The van der Waals surface area contributed by atoms with Crippen LogP contribution in [-0.4, -0.2) is 45.7 Å². The average Bonchev–Trinajstić information content (AvgIpc) is 2.75. The van der Waals surface area contributed by atoms with Gasteiger partial charge in [-0.25, -0.2) is 4.52 Å². The first-order valence-electron chi connectivity index (χ1n) is 6.83. The van der Waals surface area contributed by atoms with E-state index in [2.05, 4.69) is 48.1 Å². The SMILES string of the molecule is Cc1ccc2nc(NCCCN(C)C(C)C)nn2c1. The summed E-state index contributed by atoms with van der Waals surface area (Å²) in [5, 5.41) is 7.68. The maximum Gasteiger partial charge on any atom is 0.243 e. The topological polar surface area (TPSA) is 45.5 Å². The summed E-state index contributed by atoms with van der Waals surface area (Å²) in [6.45, 7) is 8.44. The molecule has 2 aromatic heterocycles. The van der Waals surface area contributed by atoms with E-state index in [1.165, 1.54) is 5.56 Å².